The van der Waals surface area contributed by atoms with Crippen LogP contribution in [-0.2, 0) is 0 Å². The summed E-state index contributed by atoms with van der Waals surface area (Å²) in [5.74, 6) is 0.211. The van der Waals surface area contributed by atoms with Crippen LogP contribution in [0, 0.1) is 18.7 Å². The molecule has 0 aromatic carbocycles. The lowest BCUT2D eigenvalue weighted by atomic mass is 10.1. The van der Waals surface area contributed by atoms with Gasteiger partial charge in [0.2, 0.25) is 0 Å². The summed E-state index contributed by atoms with van der Waals surface area (Å²) in [6.45, 7) is 5.76. The van der Waals surface area contributed by atoms with E-state index in [-0.39, 0.29) is 11.3 Å². The minimum Gasteiger partial charge on any atom is -0.355 e. The maximum absolute atomic E-state index is 14.2. The van der Waals surface area contributed by atoms with E-state index in [1.54, 1.807) is 25.5 Å². The van der Waals surface area contributed by atoms with Gasteiger partial charge in [-0.2, -0.15) is 0 Å². The van der Waals surface area contributed by atoms with Gasteiger partial charge in [-0.3, -0.25) is 9.69 Å². The number of hydrogen-bond donors (Lipinski definition) is 1. The summed E-state index contributed by atoms with van der Waals surface area (Å²) in [6, 6.07) is 1.23. The highest BCUT2D eigenvalue weighted by Crippen LogP contribution is 2.24. The fourth-order valence-electron chi connectivity index (χ4n) is 4.55. The lowest BCUT2D eigenvalue weighted by Gasteiger charge is -2.21. The normalized spacial score (nSPS) is 21.5. The Hall–Kier alpha value is -3.14. The van der Waals surface area contributed by atoms with Crippen molar-refractivity contribution in [2.24, 2.45) is 5.92 Å². The molecule has 0 bridgehead atoms. The van der Waals surface area contributed by atoms with Gasteiger partial charge in [-0.25, -0.2) is 23.7 Å². The van der Waals surface area contributed by atoms with Gasteiger partial charge in [-0.05, 0) is 25.7 Å². The van der Waals surface area contributed by atoms with Crippen LogP contribution >= 0.6 is 0 Å². The summed E-state index contributed by atoms with van der Waals surface area (Å²) in [5, 5.41) is 2.66. The molecule has 2 aliphatic heterocycles. The predicted octanol–water partition coefficient (Wildman–Crippen LogP) is 2.69. The summed E-state index contributed by atoms with van der Waals surface area (Å²) in [4.78, 5) is 29.7. The molecule has 2 saturated heterocycles. The Morgan fingerprint density at radius 3 is 2.81 bits per heavy atom. The fraction of sp³-hybridized carbons (Fsp3) is 0.455. The predicted molar refractivity (Wildman–Crippen MR) is 116 cm³/mol. The maximum atomic E-state index is 14.2. The Morgan fingerprint density at radius 1 is 1.19 bits per heavy atom. The zero-order valence-corrected chi connectivity index (χ0v) is 17.8. The lowest BCUT2D eigenvalue weighted by molar-refractivity contribution is 0.102. The molecule has 1 amide bonds. The number of aryl methyl sites for hydroxylation is 1. The van der Waals surface area contributed by atoms with E-state index in [9.17, 15) is 13.6 Å². The quantitative estimate of drug-likeness (QED) is 0.656. The van der Waals surface area contributed by atoms with Crippen molar-refractivity contribution in [1.29, 1.82) is 0 Å². The number of carbonyl (C=O) groups excluding carboxylic acids is 1. The van der Waals surface area contributed by atoms with Crippen molar-refractivity contribution in [2.75, 3.05) is 42.9 Å². The molecule has 3 aromatic rings. The number of rotatable bonds is 5. The first kappa shape index (κ1) is 20.7. The third-order valence-electron chi connectivity index (χ3n) is 6.10. The molecule has 168 valence electrons. The largest absolute Gasteiger partial charge is 0.355 e. The number of likely N-dealkylation sites (tertiary alicyclic amines) is 1. The average molecular weight is 441 g/mol. The van der Waals surface area contributed by atoms with Crippen molar-refractivity contribution in [3.8, 4) is 0 Å². The lowest BCUT2D eigenvalue weighted by Crippen LogP contribution is -2.30. The number of imidazole rings is 1. The zero-order valence-electron chi connectivity index (χ0n) is 17.8. The van der Waals surface area contributed by atoms with Gasteiger partial charge in [-0.1, -0.05) is 0 Å². The SMILES string of the molecule is Cc1cn2cc(NC(=O)c3cnc(N4CCC(CN5CCC(F)C5)C4)cn3)cc(F)c2n1. The summed E-state index contributed by atoms with van der Waals surface area (Å²) in [7, 11) is 0. The minimum atomic E-state index is -0.695. The Balaban J connectivity index is 1.20. The van der Waals surface area contributed by atoms with Gasteiger partial charge >= 0.3 is 0 Å². The van der Waals surface area contributed by atoms with Crippen LogP contribution in [0.25, 0.3) is 5.65 Å². The van der Waals surface area contributed by atoms with E-state index in [0.717, 1.165) is 38.4 Å². The molecule has 2 aliphatic rings. The first-order valence-electron chi connectivity index (χ1n) is 10.8. The molecular formula is C22H25F2N7O. The first-order chi connectivity index (χ1) is 15.4. The standard InChI is InChI=1S/C22H25F2N7O/c1-14-9-31-13-17(6-18(24)21(31)27-14)28-22(32)19-7-26-20(8-25-19)30-5-2-15(11-30)10-29-4-3-16(23)12-29/h6-9,13,15-16H,2-5,10-12H2,1H3,(H,28,32). The highest BCUT2D eigenvalue weighted by Gasteiger charge is 2.29. The number of aromatic nitrogens is 4. The first-order valence-corrected chi connectivity index (χ1v) is 10.8. The summed E-state index contributed by atoms with van der Waals surface area (Å²) in [6.07, 6.45) is 7.28. The van der Waals surface area contributed by atoms with Crippen molar-refractivity contribution in [2.45, 2.75) is 25.9 Å². The molecular weight excluding hydrogens is 416 g/mol. The average Bonchev–Trinajstić information content (AvgIpc) is 3.48. The van der Waals surface area contributed by atoms with Gasteiger partial charge in [-0.15, -0.1) is 0 Å². The van der Waals surface area contributed by atoms with E-state index in [0.29, 0.717) is 30.3 Å². The second-order valence-electron chi connectivity index (χ2n) is 8.65. The molecule has 5 heterocycles. The van der Waals surface area contributed by atoms with Gasteiger partial charge in [0.25, 0.3) is 5.91 Å². The van der Waals surface area contributed by atoms with Crippen molar-refractivity contribution in [3.05, 3.63) is 48.1 Å². The van der Waals surface area contributed by atoms with Crippen LogP contribution < -0.4 is 10.2 Å². The molecule has 0 saturated carbocycles. The van der Waals surface area contributed by atoms with E-state index < -0.39 is 17.9 Å². The zero-order chi connectivity index (χ0) is 22.2. The number of carbonyl (C=O) groups is 1. The number of alkyl halides is 1. The minimum absolute atomic E-state index is 0.151. The number of hydrogen-bond acceptors (Lipinski definition) is 6. The molecule has 8 nitrogen and oxygen atoms in total. The molecule has 32 heavy (non-hydrogen) atoms. The van der Waals surface area contributed by atoms with E-state index >= 15 is 0 Å². The van der Waals surface area contributed by atoms with Crippen LogP contribution in [0.5, 0.6) is 0 Å². The van der Waals surface area contributed by atoms with E-state index in [1.807, 2.05) is 0 Å². The molecule has 1 N–H and O–H groups in total. The topological polar surface area (TPSA) is 78.7 Å². The van der Waals surface area contributed by atoms with Crippen LogP contribution in [0.15, 0.2) is 30.9 Å². The number of fused-ring (bicyclic) bond motifs is 1. The third-order valence-corrected chi connectivity index (χ3v) is 6.10. The van der Waals surface area contributed by atoms with Crippen LogP contribution in [0.4, 0.5) is 20.3 Å². The van der Waals surface area contributed by atoms with E-state index in [4.69, 9.17) is 0 Å². The molecule has 0 aliphatic carbocycles. The molecule has 10 heteroatoms. The molecule has 3 aromatic heterocycles. The van der Waals surface area contributed by atoms with Crippen molar-refractivity contribution in [1.82, 2.24) is 24.3 Å². The highest BCUT2D eigenvalue weighted by molar-refractivity contribution is 6.02. The smallest absolute Gasteiger partial charge is 0.275 e. The van der Waals surface area contributed by atoms with Gasteiger partial charge in [0.1, 0.15) is 17.7 Å². The Morgan fingerprint density at radius 2 is 2.06 bits per heavy atom. The maximum Gasteiger partial charge on any atom is 0.275 e. The van der Waals surface area contributed by atoms with E-state index in [1.165, 1.54) is 16.7 Å². The fourth-order valence-corrected chi connectivity index (χ4v) is 4.55. The third kappa shape index (κ3) is 4.27. The molecule has 2 fully saturated rings. The molecule has 5 rings (SSSR count). The van der Waals surface area contributed by atoms with Crippen LogP contribution in [0.3, 0.4) is 0 Å². The number of halogens is 2. The van der Waals surface area contributed by atoms with Gasteiger partial charge in [0, 0.05) is 51.2 Å². The van der Waals surface area contributed by atoms with Crippen molar-refractivity contribution < 1.29 is 13.6 Å². The Labute approximate surface area is 184 Å². The van der Waals surface area contributed by atoms with Gasteiger partial charge in [0.05, 0.1) is 23.8 Å². The van der Waals surface area contributed by atoms with Crippen LogP contribution in [0.1, 0.15) is 29.0 Å². The van der Waals surface area contributed by atoms with Crippen molar-refractivity contribution in [3.63, 3.8) is 0 Å². The van der Waals surface area contributed by atoms with Crippen molar-refractivity contribution >= 4 is 23.1 Å². The Bertz CT molecular complexity index is 1130. The number of anilines is 2. The molecule has 2 unspecified atom stereocenters. The van der Waals surface area contributed by atoms with Crippen LogP contribution in [0.2, 0.25) is 0 Å². The highest BCUT2D eigenvalue weighted by atomic mass is 19.1. The summed E-state index contributed by atoms with van der Waals surface area (Å²) >= 11 is 0. The molecule has 0 radical (unpaired) electrons. The monoisotopic (exact) mass is 441 g/mol. The number of pyridine rings is 1. The number of amides is 1. The second kappa shape index (κ2) is 8.42. The summed E-state index contributed by atoms with van der Waals surface area (Å²) in [5.41, 5.74) is 1.36. The number of nitrogens with zero attached hydrogens (tertiary/aromatic N) is 6. The number of nitrogens with one attached hydrogen (secondary N) is 1. The van der Waals surface area contributed by atoms with Gasteiger partial charge < -0.3 is 14.6 Å². The molecule has 0 spiro atoms. The molecule has 2 atom stereocenters. The summed E-state index contributed by atoms with van der Waals surface area (Å²) < 4.78 is 29.2. The van der Waals surface area contributed by atoms with Crippen LogP contribution in [-0.4, -0.2) is 69.1 Å². The van der Waals surface area contributed by atoms with Gasteiger partial charge in [0.15, 0.2) is 11.5 Å². The Kier molecular flexibility index (Phi) is 5.46. The van der Waals surface area contributed by atoms with E-state index in [2.05, 4.69) is 30.1 Å². The second-order valence-corrected chi connectivity index (χ2v) is 8.65.